The molecule has 2 aromatic rings. The van der Waals surface area contributed by atoms with Crippen LogP contribution in [-0.2, 0) is 14.9 Å². The van der Waals surface area contributed by atoms with Crippen LogP contribution in [0.3, 0.4) is 0 Å². The number of hydrogen-bond acceptors (Lipinski definition) is 5. The zero-order chi connectivity index (χ0) is 17.0. The fraction of sp³-hybridized carbons (Fsp3) is 0.235. The van der Waals surface area contributed by atoms with E-state index >= 15 is 0 Å². The number of rotatable bonds is 5. The van der Waals surface area contributed by atoms with Gasteiger partial charge in [-0.25, -0.2) is 4.79 Å². The lowest BCUT2D eigenvalue weighted by molar-refractivity contribution is 0.0524. The Bertz CT molecular complexity index is 825. The Morgan fingerprint density at radius 3 is 2.48 bits per heavy atom. The van der Waals surface area contributed by atoms with Gasteiger partial charge in [0.2, 0.25) is 0 Å². The molecule has 0 unspecified atom stereocenters. The van der Waals surface area contributed by atoms with Gasteiger partial charge < -0.3 is 8.92 Å². The van der Waals surface area contributed by atoms with Crippen LogP contribution in [0.15, 0.2) is 47.4 Å². The maximum Gasteiger partial charge on any atom is 0.341 e. The molecule has 0 bridgehead atoms. The van der Waals surface area contributed by atoms with Crippen molar-refractivity contribution in [2.24, 2.45) is 0 Å². The molecule has 0 heterocycles. The van der Waals surface area contributed by atoms with Gasteiger partial charge in [-0.15, -0.1) is 0 Å². The van der Waals surface area contributed by atoms with Crippen molar-refractivity contribution < 1.29 is 22.1 Å². The molecule has 2 aromatic carbocycles. The zero-order valence-electron chi connectivity index (χ0n) is 13.2. The minimum absolute atomic E-state index is 0.0492. The fourth-order valence-corrected chi connectivity index (χ4v) is 3.32. The fourth-order valence-electron chi connectivity index (χ4n) is 2.06. The molecule has 5 nitrogen and oxygen atoms in total. The molecule has 0 N–H and O–H groups in total. The normalized spacial score (nSPS) is 11.1. The number of para-hydroxylation sites is 1. The van der Waals surface area contributed by atoms with Crippen LogP contribution >= 0.6 is 0 Å². The van der Waals surface area contributed by atoms with Crippen LogP contribution in [0.5, 0.6) is 5.75 Å². The molecule has 23 heavy (non-hydrogen) atoms. The van der Waals surface area contributed by atoms with E-state index in [0.717, 1.165) is 5.56 Å². The van der Waals surface area contributed by atoms with Crippen molar-refractivity contribution in [3.63, 3.8) is 0 Å². The lowest BCUT2D eigenvalue weighted by atomic mass is 10.2. The lowest BCUT2D eigenvalue weighted by Crippen LogP contribution is -2.14. The molecule has 0 fully saturated rings. The monoisotopic (exact) mass is 334 g/mol. The van der Waals surface area contributed by atoms with Crippen LogP contribution in [0.4, 0.5) is 0 Å². The summed E-state index contributed by atoms with van der Waals surface area (Å²) in [5.74, 6) is -0.675. The molecule has 0 atom stereocenters. The van der Waals surface area contributed by atoms with E-state index in [0.29, 0.717) is 5.56 Å². The number of esters is 1. The lowest BCUT2D eigenvalue weighted by Gasteiger charge is -2.12. The maximum absolute atomic E-state index is 12.5. The first-order chi connectivity index (χ1) is 10.8. The van der Waals surface area contributed by atoms with Crippen molar-refractivity contribution in [1.29, 1.82) is 0 Å². The first kappa shape index (κ1) is 17.0. The summed E-state index contributed by atoms with van der Waals surface area (Å²) in [6.45, 7) is 5.35. The number of hydrogen-bond donors (Lipinski definition) is 0. The molecular formula is C17H18O5S. The Labute approximate surface area is 136 Å². The minimum Gasteiger partial charge on any atom is -0.462 e. The summed E-state index contributed by atoms with van der Waals surface area (Å²) in [5, 5.41) is 0. The van der Waals surface area contributed by atoms with E-state index in [1.807, 2.05) is 6.07 Å². The summed E-state index contributed by atoms with van der Waals surface area (Å²) in [5.41, 5.74) is 1.45. The summed E-state index contributed by atoms with van der Waals surface area (Å²) in [6, 6.07) is 11.2. The molecule has 0 aliphatic carbocycles. The molecule has 0 spiro atoms. The molecule has 0 radical (unpaired) electrons. The van der Waals surface area contributed by atoms with E-state index in [2.05, 4.69) is 0 Å². The average molecular weight is 334 g/mol. The van der Waals surface area contributed by atoms with E-state index in [1.54, 1.807) is 39.0 Å². The van der Waals surface area contributed by atoms with Crippen LogP contribution in [0, 0.1) is 13.8 Å². The van der Waals surface area contributed by atoms with Crippen molar-refractivity contribution in [3.8, 4) is 5.75 Å². The Morgan fingerprint density at radius 1 is 1.09 bits per heavy atom. The summed E-state index contributed by atoms with van der Waals surface area (Å²) >= 11 is 0. The highest BCUT2D eigenvalue weighted by Crippen LogP contribution is 2.25. The standard InChI is InChI=1S/C17H18O5S/c1-4-21-17(18)14-7-5-6-8-15(14)22-23(19,20)16-11-12(2)9-10-13(16)3/h5-11H,4H2,1-3H3. The number of benzene rings is 2. The summed E-state index contributed by atoms with van der Waals surface area (Å²) in [6.07, 6.45) is 0. The maximum atomic E-state index is 12.5. The Balaban J connectivity index is 2.42. The molecule has 0 amide bonds. The Kier molecular flexibility index (Phi) is 5.05. The molecule has 0 saturated carbocycles. The summed E-state index contributed by atoms with van der Waals surface area (Å²) in [4.78, 5) is 12.0. The van der Waals surface area contributed by atoms with Crippen LogP contribution < -0.4 is 4.18 Å². The van der Waals surface area contributed by atoms with Gasteiger partial charge in [-0.05, 0) is 50.1 Å². The molecule has 0 saturated heterocycles. The van der Waals surface area contributed by atoms with Crippen molar-refractivity contribution in [1.82, 2.24) is 0 Å². The van der Waals surface area contributed by atoms with Gasteiger partial charge in [-0.1, -0.05) is 24.3 Å². The molecular weight excluding hydrogens is 316 g/mol. The Hall–Kier alpha value is -2.34. The average Bonchev–Trinajstić information content (AvgIpc) is 2.50. The number of aryl methyl sites for hydroxylation is 2. The third-order valence-electron chi connectivity index (χ3n) is 3.19. The summed E-state index contributed by atoms with van der Waals surface area (Å²) in [7, 11) is -4.05. The highest BCUT2D eigenvalue weighted by Gasteiger charge is 2.23. The van der Waals surface area contributed by atoms with Gasteiger partial charge >= 0.3 is 16.1 Å². The van der Waals surface area contributed by atoms with Gasteiger partial charge in [0.1, 0.15) is 10.5 Å². The topological polar surface area (TPSA) is 69.7 Å². The van der Waals surface area contributed by atoms with E-state index in [1.165, 1.54) is 18.2 Å². The third kappa shape index (κ3) is 3.90. The molecule has 2 rings (SSSR count). The van der Waals surface area contributed by atoms with Crippen LogP contribution in [0.1, 0.15) is 28.4 Å². The SMILES string of the molecule is CCOC(=O)c1ccccc1OS(=O)(=O)c1cc(C)ccc1C. The molecule has 122 valence electrons. The van der Waals surface area contributed by atoms with Crippen molar-refractivity contribution >= 4 is 16.1 Å². The van der Waals surface area contributed by atoms with Gasteiger partial charge in [0, 0.05) is 0 Å². The molecule has 0 aliphatic heterocycles. The van der Waals surface area contributed by atoms with E-state index in [-0.39, 0.29) is 22.8 Å². The third-order valence-corrected chi connectivity index (χ3v) is 4.57. The first-order valence-electron chi connectivity index (χ1n) is 7.13. The molecule has 0 aromatic heterocycles. The summed E-state index contributed by atoms with van der Waals surface area (Å²) < 4.78 is 35.2. The highest BCUT2D eigenvalue weighted by molar-refractivity contribution is 7.87. The van der Waals surface area contributed by atoms with Gasteiger partial charge in [-0.3, -0.25) is 0 Å². The minimum atomic E-state index is -4.05. The quantitative estimate of drug-likeness (QED) is 0.620. The van der Waals surface area contributed by atoms with Crippen LogP contribution in [0.2, 0.25) is 0 Å². The van der Waals surface area contributed by atoms with Crippen molar-refractivity contribution in [3.05, 3.63) is 59.2 Å². The van der Waals surface area contributed by atoms with Crippen molar-refractivity contribution in [2.45, 2.75) is 25.7 Å². The largest absolute Gasteiger partial charge is 0.462 e. The molecule has 0 aliphatic rings. The number of ether oxygens (including phenoxy) is 1. The predicted molar refractivity (Wildman–Crippen MR) is 86.1 cm³/mol. The van der Waals surface area contributed by atoms with E-state index in [4.69, 9.17) is 8.92 Å². The highest BCUT2D eigenvalue weighted by atomic mass is 32.2. The number of carbonyl (C=O) groups is 1. The van der Waals surface area contributed by atoms with E-state index < -0.39 is 16.1 Å². The van der Waals surface area contributed by atoms with Crippen molar-refractivity contribution in [2.75, 3.05) is 6.61 Å². The Morgan fingerprint density at radius 2 is 1.78 bits per heavy atom. The second-order valence-electron chi connectivity index (χ2n) is 5.02. The smallest absolute Gasteiger partial charge is 0.341 e. The number of carbonyl (C=O) groups excluding carboxylic acids is 1. The van der Waals surface area contributed by atoms with Gasteiger partial charge in [-0.2, -0.15) is 8.42 Å². The molecule has 6 heteroatoms. The van der Waals surface area contributed by atoms with E-state index in [9.17, 15) is 13.2 Å². The van der Waals surface area contributed by atoms with Gasteiger partial charge in [0.15, 0.2) is 5.75 Å². The van der Waals surface area contributed by atoms with Crippen LogP contribution in [0.25, 0.3) is 0 Å². The predicted octanol–water partition coefficient (Wildman–Crippen LogP) is 3.25. The van der Waals surface area contributed by atoms with Gasteiger partial charge in [0.05, 0.1) is 6.61 Å². The second kappa shape index (κ2) is 6.83. The second-order valence-corrected chi connectivity index (χ2v) is 6.54. The first-order valence-corrected chi connectivity index (χ1v) is 8.54. The van der Waals surface area contributed by atoms with Gasteiger partial charge in [0.25, 0.3) is 0 Å². The zero-order valence-corrected chi connectivity index (χ0v) is 14.0. The van der Waals surface area contributed by atoms with Crippen LogP contribution in [-0.4, -0.2) is 21.0 Å².